The van der Waals surface area contributed by atoms with E-state index in [0.717, 1.165) is 29.1 Å². The fourth-order valence-corrected chi connectivity index (χ4v) is 2.06. The van der Waals surface area contributed by atoms with Gasteiger partial charge in [0, 0.05) is 23.4 Å². The maximum absolute atomic E-state index is 4.34. The molecule has 0 aliphatic carbocycles. The second-order valence-electron chi connectivity index (χ2n) is 3.98. The lowest BCUT2D eigenvalue weighted by Gasteiger charge is -2.12. The van der Waals surface area contributed by atoms with Gasteiger partial charge in [0.2, 0.25) is 5.95 Å². The summed E-state index contributed by atoms with van der Waals surface area (Å²) in [6.07, 6.45) is 4.88. The molecule has 2 rings (SSSR count). The van der Waals surface area contributed by atoms with E-state index >= 15 is 0 Å². The van der Waals surface area contributed by atoms with E-state index in [1.165, 1.54) is 5.56 Å². The van der Waals surface area contributed by atoms with Crippen LogP contribution in [0.2, 0.25) is 0 Å². The summed E-state index contributed by atoms with van der Waals surface area (Å²) in [5.74, 6) is 0.896. The number of hydrogen-bond acceptors (Lipinski definition) is 2. The minimum absolute atomic E-state index is 0.896. The van der Waals surface area contributed by atoms with Gasteiger partial charge >= 0.3 is 0 Å². The molecule has 1 N–H and O–H groups in total. The molecule has 0 unspecified atom stereocenters. The van der Waals surface area contributed by atoms with Gasteiger partial charge in [0.1, 0.15) is 0 Å². The molecular formula is C13H16BrN3. The lowest BCUT2D eigenvalue weighted by atomic mass is 10.2. The molecule has 0 aliphatic heterocycles. The van der Waals surface area contributed by atoms with Crippen molar-refractivity contribution >= 4 is 21.9 Å². The van der Waals surface area contributed by atoms with Gasteiger partial charge in [-0.25, -0.2) is 4.98 Å². The molecular weight excluding hydrogens is 278 g/mol. The summed E-state index contributed by atoms with van der Waals surface area (Å²) in [6.45, 7) is 5.18. The Morgan fingerprint density at radius 1 is 1.41 bits per heavy atom. The van der Waals surface area contributed by atoms with Crippen LogP contribution < -0.4 is 5.32 Å². The van der Waals surface area contributed by atoms with Crippen LogP contribution in [0.1, 0.15) is 18.9 Å². The number of benzene rings is 1. The van der Waals surface area contributed by atoms with Crippen LogP contribution in [0, 0.1) is 6.92 Å². The number of halogens is 1. The first kappa shape index (κ1) is 12.2. The number of nitrogens with one attached hydrogen (secondary N) is 1. The minimum atomic E-state index is 0.896. The summed E-state index contributed by atoms with van der Waals surface area (Å²) < 4.78 is 3.16. The van der Waals surface area contributed by atoms with Crippen molar-refractivity contribution in [2.24, 2.45) is 0 Å². The number of rotatable bonds is 4. The lowest BCUT2D eigenvalue weighted by molar-refractivity contribution is 0.934. The van der Waals surface area contributed by atoms with Crippen molar-refractivity contribution in [1.29, 1.82) is 0 Å². The van der Waals surface area contributed by atoms with E-state index in [1.54, 1.807) is 0 Å². The van der Waals surface area contributed by atoms with Crippen molar-refractivity contribution in [3.63, 3.8) is 0 Å². The standard InChI is InChI=1S/C13H16BrN3/c1-3-6-15-13-16-7-8-17(13)12-9-11(14)5-4-10(12)2/h4-5,7-9H,3,6H2,1-2H3,(H,15,16). The summed E-state index contributed by atoms with van der Waals surface area (Å²) in [5, 5.41) is 3.32. The quantitative estimate of drug-likeness (QED) is 0.930. The zero-order valence-corrected chi connectivity index (χ0v) is 11.7. The maximum Gasteiger partial charge on any atom is 0.207 e. The molecule has 1 aromatic carbocycles. The highest BCUT2D eigenvalue weighted by atomic mass is 79.9. The van der Waals surface area contributed by atoms with Gasteiger partial charge in [-0.05, 0) is 31.0 Å². The number of aryl methyl sites for hydroxylation is 1. The Labute approximate surface area is 110 Å². The molecule has 3 nitrogen and oxygen atoms in total. The van der Waals surface area contributed by atoms with Crippen molar-refractivity contribution in [1.82, 2.24) is 9.55 Å². The Hall–Kier alpha value is -1.29. The van der Waals surface area contributed by atoms with Crippen LogP contribution in [0.5, 0.6) is 0 Å². The van der Waals surface area contributed by atoms with Gasteiger partial charge in [-0.2, -0.15) is 0 Å². The first-order valence-corrected chi connectivity index (χ1v) is 6.55. The first-order valence-electron chi connectivity index (χ1n) is 5.76. The fourth-order valence-electron chi connectivity index (χ4n) is 1.71. The summed E-state index contributed by atoms with van der Waals surface area (Å²) in [7, 11) is 0. The van der Waals surface area contributed by atoms with E-state index in [0.29, 0.717) is 0 Å². The van der Waals surface area contributed by atoms with Crippen molar-refractivity contribution in [3.05, 3.63) is 40.6 Å². The molecule has 17 heavy (non-hydrogen) atoms. The number of nitrogens with zero attached hydrogens (tertiary/aromatic N) is 2. The highest BCUT2D eigenvalue weighted by molar-refractivity contribution is 9.10. The van der Waals surface area contributed by atoms with Crippen LogP contribution in [-0.4, -0.2) is 16.1 Å². The SMILES string of the molecule is CCCNc1nccn1-c1cc(Br)ccc1C. The molecule has 90 valence electrons. The summed E-state index contributed by atoms with van der Waals surface area (Å²) >= 11 is 3.50. The number of anilines is 1. The van der Waals surface area contributed by atoms with Crippen LogP contribution in [0.3, 0.4) is 0 Å². The predicted molar refractivity (Wildman–Crippen MR) is 74.8 cm³/mol. The molecule has 0 radical (unpaired) electrons. The zero-order chi connectivity index (χ0) is 12.3. The van der Waals surface area contributed by atoms with Gasteiger partial charge in [-0.15, -0.1) is 0 Å². The van der Waals surface area contributed by atoms with E-state index < -0.39 is 0 Å². The molecule has 0 atom stereocenters. The van der Waals surface area contributed by atoms with E-state index in [4.69, 9.17) is 0 Å². The highest BCUT2D eigenvalue weighted by Gasteiger charge is 2.07. The first-order chi connectivity index (χ1) is 8.22. The second-order valence-corrected chi connectivity index (χ2v) is 4.89. The van der Waals surface area contributed by atoms with E-state index in [9.17, 15) is 0 Å². The van der Waals surface area contributed by atoms with Crippen molar-refractivity contribution in [2.75, 3.05) is 11.9 Å². The normalized spacial score (nSPS) is 10.5. The molecule has 0 aliphatic rings. The molecule has 0 amide bonds. The molecule has 4 heteroatoms. The average molecular weight is 294 g/mol. The van der Waals surface area contributed by atoms with Crippen molar-refractivity contribution in [2.45, 2.75) is 20.3 Å². The van der Waals surface area contributed by atoms with E-state index in [1.807, 2.05) is 12.4 Å². The predicted octanol–water partition coefficient (Wildman–Crippen LogP) is 3.77. The Balaban J connectivity index is 2.38. The molecule has 0 spiro atoms. The van der Waals surface area contributed by atoms with Gasteiger partial charge < -0.3 is 5.32 Å². The van der Waals surface area contributed by atoms with Gasteiger partial charge in [0.15, 0.2) is 0 Å². The third kappa shape index (κ3) is 2.69. The van der Waals surface area contributed by atoms with Crippen LogP contribution in [0.4, 0.5) is 5.95 Å². The van der Waals surface area contributed by atoms with Crippen LogP contribution >= 0.6 is 15.9 Å². The molecule has 0 saturated carbocycles. The van der Waals surface area contributed by atoms with Crippen LogP contribution in [0.25, 0.3) is 5.69 Å². The topological polar surface area (TPSA) is 29.9 Å². The van der Waals surface area contributed by atoms with Crippen molar-refractivity contribution in [3.8, 4) is 5.69 Å². The van der Waals surface area contributed by atoms with E-state index in [2.05, 4.69) is 62.8 Å². The van der Waals surface area contributed by atoms with Crippen LogP contribution in [0.15, 0.2) is 35.1 Å². The fraction of sp³-hybridized carbons (Fsp3) is 0.308. The molecule has 1 aromatic heterocycles. The molecule has 0 fully saturated rings. The largest absolute Gasteiger partial charge is 0.355 e. The smallest absolute Gasteiger partial charge is 0.207 e. The zero-order valence-electron chi connectivity index (χ0n) is 10.1. The second kappa shape index (κ2) is 5.36. The Morgan fingerprint density at radius 2 is 2.24 bits per heavy atom. The van der Waals surface area contributed by atoms with Gasteiger partial charge in [0.05, 0.1) is 5.69 Å². The van der Waals surface area contributed by atoms with Gasteiger partial charge in [-0.3, -0.25) is 4.57 Å². The monoisotopic (exact) mass is 293 g/mol. The van der Waals surface area contributed by atoms with Crippen LogP contribution in [-0.2, 0) is 0 Å². The third-order valence-corrected chi connectivity index (χ3v) is 3.10. The summed E-state index contributed by atoms with van der Waals surface area (Å²) in [4.78, 5) is 4.34. The summed E-state index contributed by atoms with van der Waals surface area (Å²) in [6, 6.07) is 6.26. The Bertz CT molecular complexity index is 505. The Kier molecular flexibility index (Phi) is 3.84. The number of aromatic nitrogens is 2. The van der Waals surface area contributed by atoms with Gasteiger partial charge in [0.25, 0.3) is 0 Å². The van der Waals surface area contributed by atoms with Gasteiger partial charge in [-0.1, -0.05) is 28.9 Å². The maximum atomic E-state index is 4.34. The number of imidazole rings is 1. The van der Waals surface area contributed by atoms with E-state index in [-0.39, 0.29) is 0 Å². The number of hydrogen-bond donors (Lipinski definition) is 1. The summed E-state index contributed by atoms with van der Waals surface area (Å²) in [5.41, 5.74) is 2.38. The molecule has 2 aromatic rings. The minimum Gasteiger partial charge on any atom is -0.355 e. The van der Waals surface area contributed by atoms with Crippen molar-refractivity contribution < 1.29 is 0 Å². The molecule has 0 saturated heterocycles. The Morgan fingerprint density at radius 3 is 3.00 bits per heavy atom. The average Bonchev–Trinajstić information content (AvgIpc) is 2.77. The third-order valence-electron chi connectivity index (χ3n) is 2.60. The highest BCUT2D eigenvalue weighted by Crippen LogP contribution is 2.22. The molecule has 1 heterocycles. The lowest BCUT2D eigenvalue weighted by Crippen LogP contribution is -2.07. The molecule has 0 bridgehead atoms.